The van der Waals surface area contributed by atoms with Gasteiger partial charge in [-0.15, -0.1) is 23.5 Å². The Hall–Kier alpha value is 0.1000. The van der Waals surface area contributed by atoms with E-state index in [2.05, 4.69) is 9.88 Å². The van der Waals surface area contributed by atoms with Crippen molar-refractivity contribution in [2.75, 3.05) is 30.5 Å². The fraction of sp³-hybridized carbons (Fsp3) is 0.583. The van der Waals surface area contributed by atoms with Crippen LogP contribution in [0.3, 0.4) is 0 Å². The lowest BCUT2D eigenvalue weighted by molar-refractivity contribution is 0.349. The molecule has 2 nitrogen and oxygen atoms in total. The zero-order valence-electron chi connectivity index (χ0n) is 9.77. The molecule has 1 saturated heterocycles. The van der Waals surface area contributed by atoms with E-state index < -0.39 is 0 Å². The Kier molecular flexibility index (Phi) is 5.98. The van der Waals surface area contributed by atoms with Crippen LogP contribution < -0.4 is 0 Å². The van der Waals surface area contributed by atoms with E-state index in [1.807, 2.05) is 35.7 Å². The van der Waals surface area contributed by atoms with Crippen LogP contribution in [0.1, 0.15) is 12.8 Å². The summed E-state index contributed by atoms with van der Waals surface area (Å²) in [5.74, 6) is 3.69. The predicted molar refractivity (Wildman–Crippen MR) is 78.1 cm³/mol. The minimum Gasteiger partial charge on any atom is -0.293 e. The SMILES string of the molecule is Clc1ccc(SCCCCN2CCSC2)nc1. The first-order valence-corrected chi connectivity index (χ1v) is 8.41. The van der Waals surface area contributed by atoms with E-state index >= 15 is 0 Å². The van der Waals surface area contributed by atoms with Crippen LogP contribution in [-0.4, -0.2) is 40.4 Å². The molecule has 17 heavy (non-hydrogen) atoms. The molecular weight excluding hydrogens is 272 g/mol. The van der Waals surface area contributed by atoms with Gasteiger partial charge in [0.1, 0.15) is 0 Å². The van der Waals surface area contributed by atoms with Crippen LogP contribution in [0.15, 0.2) is 23.4 Å². The van der Waals surface area contributed by atoms with Gasteiger partial charge in [0.05, 0.1) is 10.0 Å². The van der Waals surface area contributed by atoms with Crippen molar-refractivity contribution >= 4 is 35.1 Å². The molecule has 2 heterocycles. The molecule has 5 heteroatoms. The Labute approximate surface area is 117 Å². The highest BCUT2D eigenvalue weighted by Gasteiger charge is 2.10. The van der Waals surface area contributed by atoms with E-state index in [9.17, 15) is 0 Å². The van der Waals surface area contributed by atoms with E-state index in [4.69, 9.17) is 11.6 Å². The summed E-state index contributed by atoms with van der Waals surface area (Å²) >= 11 is 9.65. The predicted octanol–water partition coefficient (Wildman–Crippen LogP) is 3.61. The fourth-order valence-electron chi connectivity index (χ4n) is 1.69. The summed E-state index contributed by atoms with van der Waals surface area (Å²) in [6, 6.07) is 3.89. The van der Waals surface area contributed by atoms with Gasteiger partial charge in [-0.1, -0.05) is 11.6 Å². The van der Waals surface area contributed by atoms with Crippen molar-refractivity contribution in [3.05, 3.63) is 23.4 Å². The molecule has 0 bridgehead atoms. The zero-order chi connectivity index (χ0) is 11.9. The average Bonchev–Trinajstić information content (AvgIpc) is 2.84. The van der Waals surface area contributed by atoms with Crippen LogP contribution in [-0.2, 0) is 0 Å². The third-order valence-electron chi connectivity index (χ3n) is 2.64. The highest BCUT2D eigenvalue weighted by Crippen LogP contribution is 2.19. The van der Waals surface area contributed by atoms with Gasteiger partial charge >= 0.3 is 0 Å². The lowest BCUT2D eigenvalue weighted by Gasteiger charge is -2.12. The van der Waals surface area contributed by atoms with Crippen molar-refractivity contribution in [1.82, 2.24) is 9.88 Å². The lowest BCUT2D eigenvalue weighted by atomic mass is 10.3. The van der Waals surface area contributed by atoms with Crippen LogP contribution in [0, 0.1) is 0 Å². The smallest absolute Gasteiger partial charge is 0.0960 e. The Morgan fingerprint density at radius 2 is 2.35 bits per heavy atom. The molecule has 0 spiro atoms. The summed E-state index contributed by atoms with van der Waals surface area (Å²) in [7, 11) is 0. The molecule has 0 unspecified atom stereocenters. The van der Waals surface area contributed by atoms with Gasteiger partial charge in [0.15, 0.2) is 0 Å². The Morgan fingerprint density at radius 1 is 1.41 bits per heavy atom. The van der Waals surface area contributed by atoms with Gasteiger partial charge in [-0.3, -0.25) is 4.90 Å². The molecule has 1 aliphatic rings. The normalized spacial score (nSPS) is 16.5. The summed E-state index contributed by atoms with van der Waals surface area (Å²) < 4.78 is 0. The second kappa shape index (κ2) is 7.52. The summed E-state index contributed by atoms with van der Waals surface area (Å²) in [6.07, 6.45) is 4.27. The number of pyridine rings is 1. The van der Waals surface area contributed by atoms with Crippen LogP contribution in [0.4, 0.5) is 0 Å². The Morgan fingerprint density at radius 3 is 3.06 bits per heavy atom. The van der Waals surface area contributed by atoms with Gasteiger partial charge in [-0.2, -0.15) is 0 Å². The number of aromatic nitrogens is 1. The molecule has 0 N–H and O–H groups in total. The summed E-state index contributed by atoms with van der Waals surface area (Å²) in [4.78, 5) is 6.81. The largest absolute Gasteiger partial charge is 0.293 e. The third kappa shape index (κ3) is 5.08. The molecule has 2 rings (SSSR count). The van der Waals surface area contributed by atoms with Gasteiger partial charge in [-0.25, -0.2) is 4.98 Å². The Bertz CT molecular complexity index is 326. The molecule has 0 atom stereocenters. The van der Waals surface area contributed by atoms with Gasteiger partial charge in [0.2, 0.25) is 0 Å². The average molecular weight is 289 g/mol. The molecule has 1 fully saturated rings. The van der Waals surface area contributed by atoms with E-state index in [0.29, 0.717) is 5.02 Å². The summed E-state index contributed by atoms with van der Waals surface area (Å²) in [5, 5.41) is 1.78. The van der Waals surface area contributed by atoms with Crippen LogP contribution in [0.25, 0.3) is 0 Å². The number of nitrogens with zero attached hydrogens (tertiary/aromatic N) is 2. The molecule has 1 aromatic rings. The first-order valence-electron chi connectivity index (χ1n) is 5.89. The second-order valence-electron chi connectivity index (χ2n) is 4.03. The molecule has 0 saturated carbocycles. The van der Waals surface area contributed by atoms with Crippen molar-refractivity contribution in [2.24, 2.45) is 0 Å². The Balaban J connectivity index is 1.55. The van der Waals surface area contributed by atoms with E-state index in [1.165, 1.54) is 37.6 Å². The van der Waals surface area contributed by atoms with Crippen LogP contribution in [0.5, 0.6) is 0 Å². The fourth-order valence-corrected chi connectivity index (χ4v) is 3.68. The van der Waals surface area contributed by atoms with Gasteiger partial charge in [0, 0.05) is 24.4 Å². The van der Waals surface area contributed by atoms with Crippen LogP contribution in [0.2, 0.25) is 5.02 Å². The van der Waals surface area contributed by atoms with Crippen molar-refractivity contribution in [3.8, 4) is 0 Å². The maximum absolute atomic E-state index is 5.79. The number of halogens is 1. The maximum Gasteiger partial charge on any atom is 0.0960 e. The van der Waals surface area contributed by atoms with Crippen molar-refractivity contribution in [1.29, 1.82) is 0 Å². The monoisotopic (exact) mass is 288 g/mol. The molecule has 0 radical (unpaired) electrons. The zero-order valence-corrected chi connectivity index (χ0v) is 12.2. The number of thioether (sulfide) groups is 2. The highest BCUT2D eigenvalue weighted by molar-refractivity contribution is 7.99. The molecular formula is C12H17ClN2S2. The summed E-state index contributed by atoms with van der Waals surface area (Å²) in [6.45, 7) is 2.53. The summed E-state index contributed by atoms with van der Waals surface area (Å²) in [5.41, 5.74) is 0. The highest BCUT2D eigenvalue weighted by atomic mass is 35.5. The van der Waals surface area contributed by atoms with Crippen molar-refractivity contribution in [3.63, 3.8) is 0 Å². The molecule has 0 amide bonds. The molecule has 0 aliphatic carbocycles. The minimum absolute atomic E-state index is 0.709. The van der Waals surface area contributed by atoms with Gasteiger partial charge in [-0.05, 0) is 37.3 Å². The molecule has 1 aliphatic heterocycles. The molecule has 0 aromatic carbocycles. The second-order valence-corrected chi connectivity index (χ2v) is 6.65. The van der Waals surface area contributed by atoms with Crippen molar-refractivity contribution < 1.29 is 0 Å². The van der Waals surface area contributed by atoms with E-state index in [-0.39, 0.29) is 0 Å². The molecule has 1 aromatic heterocycles. The van der Waals surface area contributed by atoms with Crippen LogP contribution >= 0.6 is 35.1 Å². The van der Waals surface area contributed by atoms with Crippen molar-refractivity contribution in [2.45, 2.75) is 17.9 Å². The topological polar surface area (TPSA) is 16.1 Å². The number of rotatable bonds is 6. The minimum atomic E-state index is 0.709. The first-order chi connectivity index (χ1) is 8.34. The lowest BCUT2D eigenvalue weighted by Crippen LogP contribution is -2.20. The quantitative estimate of drug-likeness (QED) is 0.587. The number of hydrogen-bond donors (Lipinski definition) is 0. The number of hydrogen-bond acceptors (Lipinski definition) is 4. The van der Waals surface area contributed by atoms with E-state index in [0.717, 1.165) is 10.8 Å². The maximum atomic E-state index is 5.79. The number of unbranched alkanes of at least 4 members (excludes halogenated alkanes) is 1. The molecule has 94 valence electrons. The standard InChI is InChI=1S/C12H17ClN2S2/c13-11-3-4-12(14-9-11)17-7-2-1-5-15-6-8-16-10-15/h3-4,9H,1-2,5-8,10H2. The third-order valence-corrected chi connectivity index (χ3v) is 4.92. The van der Waals surface area contributed by atoms with Gasteiger partial charge in [0.25, 0.3) is 0 Å². The van der Waals surface area contributed by atoms with E-state index in [1.54, 1.807) is 6.20 Å². The first kappa shape index (κ1) is 13.5. The van der Waals surface area contributed by atoms with Gasteiger partial charge < -0.3 is 0 Å².